The Bertz CT molecular complexity index is 202. The van der Waals surface area contributed by atoms with Crippen molar-refractivity contribution in [3.05, 3.63) is 0 Å². The molecule has 2 saturated heterocycles. The van der Waals surface area contributed by atoms with Crippen molar-refractivity contribution < 1.29 is 9.47 Å². The Kier molecular flexibility index (Phi) is 3.65. The maximum Gasteiger partial charge on any atom is 0.0704 e. The van der Waals surface area contributed by atoms with Gasteiger partial charge < -0.3 is 14.8 Å². The number of hydrogen-bond acceptors (Lipinski definition) is 3. The van der Waals surface area contributed by atoms with Gasteiger partial charge in [0, 0.05) is 18.7 Å². The summed E-state index contributed by atoms with van der Waals surface area (Å²) in [4.78, 5) is 0. The van der Waals surface area contributed by atoms with Gasteiger partial charge in [-0.15, -0.1) is 0 Å². The second-order valence-electron chi connectivity index (χ2n) is 5.24. The Morgan fingerprint density at radius 3 is 2.87 bits per heavy atom. The van der Waals surface area contributed by atoms with Crippen molar-refractivity contribution in [3.63, 3.8) is 0 Å². The molecule has 0 radical (unpaired) electrons. The molecule has 2 aliphatic rings. The van der Waals surface area contributed by atoms with Crippen molar-refractivity contribution in [3.8, 4) is 0 Å². The number of ether oxygens (including phenoxy) is 2. The number of nitrogens with one attached hydrogen (secondary N) is 1. The molecule has 15 heavy (non-hydrogen) atoms. The van der Waals surface area contributed by atoms with Crippen molar-refractivity contribution in [2.24, 2.45) is 0 Å². The van der Waals surface area contributed by atoms with E-state index in [-0.39, 0.29) is 5.54 Å². The summed E-state index contributed by atoms with van der Waals surface area (Å²) in [5.41, 5.74) is 0.174. The SMILES string of the molecule is CC1CCC(CNC2(C)CCCOC2)O1. The summed E-state index contributed by atoms with van der Waals surface area (Å²) in [7, 11) is 0. The predicted octanol–water partition coefficient (Wildman–Crippen LogP) is 1.71. The summed E-state index contributed by atoms with van der Waals surface area (Å²) in [5, 5.41) is 3.61. The van der Waals surface area contributed by atoms with Gasteiger partial charge in [-0.3, -0.25) is 0 Å². The Morgan fingerprint density at radius 1 is 1.40 bits per heavy atom. The number of hydrogen-bond donors (Lipinski definition) is 1. The van der Waals surface area contributed by atoms with E-state index in [0.29, 0.717) is 12.2 Å². The molecule has 0 aliphatic carbocycles. The Labute approximate surface area is 92.5 Å². The molecule has 0 bridgehead atoms. The molecule has 2 fully saturated rings. The highest BCUT2D eigenvalue weighted by Crippen LogP contribution is 2.21. The number of rotatable bonds is 3. The average Bonchev–Trinajstić information content (AvgIpc) is 2.63. The van der Waals surface area contributed by atoms with E-state index in [2.05, 4.69) is 19.2 Å². The average molecular weight is 213 g/mol. The molecule has 0 amide bonds. The van der Waals surface area contributed by atoms with Crippen molar-refractivity contribution in [1.29, 1.82) is 0 Å². The first-order valence-electron chi connectivity index (χ1n) is 6.16. The van der Waals surface area contributed by atoms with Crippen LogP contribution in [0.1, 0.15) is 39.5 Å². The van der Waals surface area contributed by atoms with Gasteiger partial charge in [0.2, 0.25) is 0 Å². The van der Waals surface area contributed by atoms with Gasteiger partial charge in [-0.25, -0.2) is 0 Å². The molecule has 3 heteroatoms. The van der Waals surface area contributed by atoms with Crippen LogP contribution in [-0.2, 0) is 9.47 Å². The fraction of sp³-hybridized carbons (Fsp3) is 1.00. The molecule has 0 aromatic rings. The van der Waals surface area contributed by atoms with E-state index < -0.39 is 0 Å². The van der Waals surface area contributed by atoms with E-state index in [1.165, 1.54) is 25.7 Å². The zero-order chi connectivity index (χ0) is 10.7. The maximum atomic E-state index is 5.79. The molecule has 0 spiro atoms. The molecule has 0 saturated carbocycles. The van der Waals surface area contributed by atoms with Crippen LogP contribution in [-0.4, -0.2) is 37.5 Å². The quantitative estimate of drug-likeness (QED) is 0.774. The summed E-state index contributed by atoms with van der Waals surface area (Å²) in [6.07, 6.45) is 5.66. The lowest BCUT2D eigenvalue weighted by molar-refractivity contribution is 0.0116. The minimum absolute atomic E-state index is 0.174. The van der Waals surface area contributed by atoms with Crippen molar-refractivity contribution in [2.45, 2.75) is 57.3 Å². The van der Waals surface area contributed by atoms with Gasteiger partial charge in [0.25, 0.3) is 0 Å². The lowest BCUT2D eigenvalue weighted by Gasteiger charge is -2.35. The zero-order valence-electron chi connectivity index (χ0n) is 9.92. The van der Waals surface area contributed by atoms with E-state index in [4.69, 9.17) is 9.47 Å². The van der Waals surface area contributed by atoms with Crippen LogP contribution in [0.5, 0.6) is 0 Å². The van der Waals surface area contributed by atoms with Gasteiger partial charge in [-0.2, -0.15) is 0 Å². The zero-order valence-corrected chi connectivity index (χ0v) is 9.92. The van der Waals surface area contributed by atoms with Crippen molar-refractivity contribution in [1.82, 2.24) is 5.32 Å². The molecule has 1 N–H and O–H groups in total. The van der Waals surface area contributed by atoms with Crippen LogP contribution >= 0.6 is 0 Å². The minimum atomic E-state index is 0.174. The molecule has 0 aromatic carbocycles. The molecule has 3 unspecified atom stereocenters. The monoisotopic (exact) mass is 213 g/mol. The Balaban J connectivity index is 1.72. The lowest BCUT2D eigenvalue weighted by Crippen LogP contribution is -2.51. The fourth-order valence-corrected chi connectivity index (χ4v) is 2.47. The molecular weight excluding hydrogens is 190 g/mol. The van der Waals surface area contributed by atoms with Crippen molar-refractivity contribution >= 4 is 0 Å². The fourth-order valence-electron chi connectivity index (χ4n) is 2.47. The predicted molar refractivity (Wildman–Crippen MR) is 60.0 cm³/mol. The molecule has 3 atom stereocenters. The molecule has 2 rings (SSSR count). The summed E-state index contributed by atoms with van der Waals surface area (Å²) < 4.78 is 11.3. The summed E-state index contributed by atoms with van der Waals surface area (Å²) in [6.45, 7) is 7.16. The third kappa shape index (κ3) is 3.16. The van der Waals surface area contributed by atoms with Crippen LogP contribution in [0, 0.1) is 0 Å². The lowest BCUT2D eigenvalue weighted by atomic mass is 9.94. The van der Waals surface area contributed by atoms with Crippen LogP contribution in [0.2, 0.25) is 0 Å². The highest BCUT2D eigenvalue weighted by molar-refractivity contribution is 4.87. The summed E-state index contributed by atoms with van der Waals surface area (Å²) in [5.74, 6) is 0. The molecule has 2 heterocycles. The van der Waals surface area contributed by atoms with E-state index in [9.17, 15) is 0 Å². The van der Waals surface area contributed by atoms with Gasteiger partial charge >= 0.3 is 0 Å². The highest BCUT2D eigenvalue weighted by Gasteiger charge is 2.29. The standard InChI is InChI=1S/C12H23NO2/c1-10-4-5-11(15-10)8-13-12(2)6-3-7-14-9-12/h10-11,13H,3-9H2,1-2H3. The van der Waals surface area contributed by atoms with Crippen LogP contribution in [0.3, 0.4) is 0 Å². The Morgan fingerprint density at radius 2 is 2.27 bits per heavy atom. The molecule has 88 valence electrons. The van der Waals surface area contributed by atoms with Crippen LogP contribution in [0.15, 0.2) is 0 Å². The van der Waals surface area contributed by atoms with E-state index in [1.807, 2.05) is 0 Å². The summed E-state index contributed by atoms with van der Waals surface area (Å²) >= 11 is 0. The smallest absolute Gasteiger partial charge is 0.0704 e. The molecular formula is C12H23NO2. The maximum absolute atomic E-state index is 5.79. The van der Waals surface area contributed by atoms with Gasteiger partial charge in [-0.05, 0) is 39.5 Å². The third-order valence-corrected chi connectivity index (χ3v) is 3.51. The van der Waals surface area contributed by atoms with E-state index in [1.54, 1.807) is 0 Å². The minimum Gasteiger partial charge on any atom is -0.380 e. The van der Waals surface area contributed by atoms with Gasteiger partial charge in [0.1, 0.15) is 0 Å². The van der Waals surface area contributed by atoms with Crippen LogP contribution in [0.4, 0.5) is 0 Å². The second kappa shape index (κ2) is 4.81. The first-order valence-corrected chi connectivity index (χ1v) is 6.16. The molecule has 0 aromatic heterocycles. The Hall–Kier alpha value is -0.120. The van der Waals surface area contributed by atoms with E-state index >= 15 is 0 Å². The normalized spacial score (nSPS) is 42.0. The molecule has 3 nitrogen and oxygen atoms in total. The van der Waals surface area contributed by atoms with E-state index in [0.717, 1.165) is 19.8 Å². The second-order valence-corrected chi connectivity index (χ2v) is 5.24. The van der Waals surface area contributed by atoms with Crippen molar-refractivity contribution in [2.75, 3.05) is 19.8 Å². The topological polar surface area (TPSA) is 30.5 Å². The first-order chi connectivity index (χ1) is 7.18. The largest absolute Gasteiger partial charge is 0.380 e. The van der Waals surface area contributed by atoms with Crippen LogP contribution < -0.4 is 5.32 Å². The van der Waals surface area contributed by atoms with Gasteiger partial charge in [-0.1, -0.05) is 0 Å². The molecule has 2 aliphatic heterocycles. The first kappa shape index (κ1) is 11.4. The highest BCUT2D eigenvalue weighted by atomic mass is 16.5. The van der Waals surface area contributed by atoms with Crippen LogP contribution in [0.25, 0.3) is 0 Å². The third-order valence-electron chi connectivity index (χ3n) is 3.51. The van der Waals surface area contributed by atoms with Gasteiger partial charge in [0.15, 0.2) is 0 Å². The summed E-state index contributed by atoms with van der Waals surface area (Å²) in [6, 6.07) is 0. The van der Waals surface area contributed by atoms with Gasteiger partial charge in [0.05, 0.1) is 18.8 Å².